The van der Waals surface area contributed by atoms with Gasteiger partial charge in [-0.1, -0.05) is 84.5 Å². The Hall–Kier alpha value is -5.76. The molecule has 1 saturated heterocycles. The summed E-state index contributed by atoms with van der Waals surface area (Å²) in [5.74, 6) is -2.41. The summed E-state index contributed by atoms with van der Waals surface area (Å²) in [6.45, 7) is 8.30. The number of β-lactam (4-membered cyclic amide) rings is 1. The predicted octanol–water partition coefficient (Wildman–Crippen LogP) is 3.89. The van der Waals surface area contributed by atoms with Crippen molar-refractivity contribution in [2.45, 2.75) is 43.9 Å². The largest absolute Gasteiger partial charge is 0.457 e. The van der Waals surface area contributed by atoms with Crippen LogP contribution in [0.4, 0.5) is 5.82 Å². The monoisotopic (exact) mass is 697 g/mol. The number of carbonyl (C=O) groups is 5. The summed E-state index contributed by atoms with van der Waals surface area (Å²) >= 11 is 1.33. The third kappa shape index (κ3) is 8.26. The van der Waals surface area contributed by atoms with Gasteiger partial charge in [-0.05, 0) is 49.6 Å². The minimum Gasteiger partial charge on any atom is -0.457 e. The Bertz CT molecular complexity index is 1800. The SMILES string of the molecule is C=CC1=C(C(=O)OC(c2ccccc2)c2ccccc2)N2C(=O)C(NC(=O)C(=NOCC(=O)OC(C)(C)C)c3cccc(NC=O)n3)[C@H]2SC1. The fourth-order valence-corrected chi connectivity index (χ4v) is 6.52. The second-order valence-electron chi connectivity index (χ2n) is 12.0. The van der Waals surface area contributed by atoms with E-state index in [1.54, 1.807) is 20.8 Å². The van der Waals surface area contributed by atoms with E-state index in [1.807, 2.05) is 60.7 Å². The Morgan fingerprint density at radius 3 is 2.30 bits per heavy atom. The van der Waals surface area contributed by atoms with Crippen molar-refractivity contribution < 1.29 is 38.3 Å². The smallest absolute Gasteiger partial charge is 0.356 e. The summed E-state index contributed by atoms with van der Waals surface area (Å²) in [6, 6.07) is 21.9. The molecule has 3 amide bonds. The zero-order valence-corrected chi connectivity index (χ0v) is 28.3. The van der Waals surface area contributed by atoms with Gasteiger partial charge in [0.2, 0.25) is 13.0 Å². The molecule has 2 aliphatic heterocycles. The molecule has 5 rings (SSSR count). The first-order valence-corrected chi connectivity index (χ1v) is 16.6. The highest BCUT2D eigenvalue weighted by Gasteiger charge is 2.54. The van der Waals surface area contributed by atoms with E-state index in [9.17, 15) is 24.0 Å². The number of nitrogens with zero attached hydrogens (tertiary/aromatic N) is 3. The number of allylic oxidation sites excluding steroid dienone is 1. The van der Waals surface area contributed by atoms with Gasteiger partial charge in [0.05, 0.1) is 0 Å². The molecule has 0 spiro atoms. The van der Waals surface area contributed by atoms with Crippen LogP contribution in [-0.4, -0.2) is 75.1 Å². The molecule has 2 aliphatic rings. The average molecular weight is 698 g/mol. The van der Waals surface area contributed by atoms with Crippen molar-refractivity contribution in [3.05, 3.63) is 120 Å². The van der Waals surface area contributed by atoms with Gasteiger partial charge in [-0.25, -0.2) is 14.6 Å². The molecule has 2 aromatic carbocycles. The van der Waals surface area contributed by atoms with Crippen molar-refractivity contribution in [1.29, 1.82) is 0 Å². The van der Waals surface area contributed by atoms with E-state index in [2.05, 4.69) is 27.4 Å². The first-order chi connectivity index (χ1) is 24.0. The number of oxime groups is 1. The Balaban J connectivity index is 1.36. The summed E-state index contributed by atoms with van der Waals surface area (Å²) in [5.41, 5.74) is 0.892. The van der Waals surface area contributed by atoms with Gasteiger partial charge in [0.1, 0.15) is 34.2 Å². The van der Waals surface area contributed by atoms with E-state index in [1.165, 1.54) is 40.9 Å². The molecule has 2 atom stereocenters. The normalized spacial score (nSPS) is 17.2. The van der Waals surface area contributed by atoms with Crippen LogP contribution in [0, 0.1) is 0 Å². The third-order valence-corrected chi connectivity index (χ3v) is 8.63. The van der Waals surface area contributed by atoms with Crippen LogP contribution < -0.4 is 10.6 Å². The van der Waals surface area contributed by atoms with Gasteiger partial charge >= 0.3 is 11.9 Å². The number of thioether (sulfide) groups is 1. The number of benzene rings is 2. The molecule has 1 fully saturated rings. The molecule has 3 aromatic rings. The second kappa shape index (κ2) is 15.6. The number of fused-ring (bicyclic) bond motifs is 1. The first kappa shape index (κ1) is 35.5. The van der Waals surface area contributed by atoms with Gasteiger partial charge in [-0.3, -0.25) is 19.3 Å². The molecule has 0 radical (unpaired) electrons. The fraction of sp³-hybridized carbons (Fsp3) is 0.250. The zero-order valence-electron chi connectivity index (χ0n) is 27.5. The number of hydrogen-bond donors (Lipinski definition) is 2. The average Bonchev–Trinajstić information content (AvgIpc) is 3.10. The molecule has 1 aromatic heterocycles. The van der Waals surface area contributed by atoms with Crippen LogP contribution in [0.5, 0.6) is 0 Å². The van der Waals surface area contributed by atoms with Crippen LogP contribution in [0.3, 0.4) is 0 Å². The molecule has 0 aliphatic carbocycles. The van der Waals surface area contributed by atoms with Crippen LogP contribution in [0.1, 0.15) is 43.7 Å². The number of amides is 3. The lowest BCUT2D eigenvalue weighted by molar-refractivity contribution is -0.160. The van der Waals surface area contributed by atoms with Crippen molar-refractivity contribution in [2.24, 2.45) is 5.16 Å². The van der Waals surface area contributed by atoms with E-state index in [0.29, 0.717) is 17.7 Å². The molecule has 3 heterocycles. The lowest BCUT2D eigenvalue weighted by Crippen LogP contribution is -2.71. The molecule has 2 N–H and O–H groups in total. The van der Waals surface area contributed by atoms with Gasteiger partial charge in [-0.15, -0.1) is 11.8 Å². The van der Waals surface area contributed by atoms with Gasteiger partial charge in [-0.2, -0.15) is 0 Å². The minimum atomic E-state index is -1.06. The summed E-state index contributed by atoms with van der Waals surface area (Å²) in [6.07, 6.45) is 1.18. The van der Waals surface area contributed by atoms with Crippen molar-refractivity contribution in [3.63, 3.8) is 0 Å². The highest BCUT2D eigenvalue weighted by atomic mass is 32.2. The number of hydrogen-bond acceptors (Lipinski definition) is 11. The maximum atomic E-state index is 13.9. The van der Waals surface area contributed by atoms with Crippen LogP contribution in [0.25, 0.3) is 0 Å². The molecule has 0 saturated carbocycles. The number of pyridine rings is 1. The summed E-state index contributed by atoms with van der Waals surface area (Å²) < 4.78 is 11.3. The maximum Gasteiger partial charge on any atom is 0.356 e. The summed E-state index contributed by atoms with van der Waals surface area (Å²) in [5, 5.41) is 8.26. The quantitative estimate of drug-likeness (QED) is 0.0880. The number of ether oxygens (including phenoxy) is 2. The summed E-state index contributed by atoms with van der Waals surface area (Å²) in [4.78, 5) is 75.2. The van der Waals surface area contributed by atoms with E-state index in [4.69, 9.17) is 14.3 Å². The van der Waals surface area contributed by atoms with Gasteiger partial charge in [0, 0.05) is 5.75 Å². The van der Waals surface area contributed by atoms with Crippen LogP contribution in [0.15, 0.2) is 108 Å². The molecule has 13 nitrogen and oxygen atoms in total. The Labute approximate surface area is 292 Å². The Morgan fingerprint density at radius 1 is 1.04 bits per heavy atom. The maximum absolute atomic E-state index is 13.9. The number of anilines is 1. The lowest BCUT2D eigenvalue weighted by Gasteiger charge is -2.49. The van der Waals surface area contributed by atoms with E-state index >= 15 is 0 Å². The molecule has 14 heteroatoms. The number of esters is 2. The fourth-order valence-electron chi connectivity index (χ4n) is 5.18. The van der Waals surface area contributed by atoms with Crippen LogP contribution in [-0.2, 0) is 38.3 Å². The number of carbonyl (C=O) groups excluding carboxylic acids is 5. The van der Waals surface area contributed by atoms with Crippen molar-refractivity contribution in [1.82, 2.24) is 15.2 Å². The first-order valence-electron chi connectivity index (χ1n) is 15.5. The predicted molar refractivity (Wildman–Crippen MR) is 185 cm³/mol. The van der Waals surface area contributed by atoms with E-state index in [-0.39, 0.29) is 22.9 Å². The molecule has 0 bridgehead atoms. The van der Waals surface area contributed by atoms with E-state index in [0.717, 1.165) is 11.1 Å². The third-order valence-electron chi connectivity index (χ3n) is 7.33. The highest BCUT2D eigenvalue weighted by molar-refractivity contribution is 8.00. The minimum absolute atomic E-state index is 0.00978. The molecular formula is C36H35N5O8S. The van der Waals surface area contributed by atoms with Gasteiger partial charge < -0.3 is 24.9 Å². The standard InChI is InChI=1S/C36H35N5O8S/c1-5-22-20-50-34-29(33(45)41(34)30(22)35(46)48-31(23-13-8-6-9-14-23)24-15-10-7-11-16-24)39-32(44)28(25-17-12-18-26(38-25)37-21-42)40-47-19-27(43)49-36(2,3)4/h5-18,21,29,31,34H,1,19-20H2,2-4H3,(H,39,44)(H,37,38,42)/t29?,34-/m1/s1. The van der Waals surface area contributed by atoms with E-state index < -0.39 is 53.5 Å². The van der Waals surface area contributed by atoms with Crippen LogP contribution >= 0.6 is 11.8 Å². The second-order valence-corrected chi connectivity index (χ2v) is 13.1. The van der Waals surface area contributed by atoms with Gasteiger partial charge in [0.15, 0.2) is 11.8 Å². The van der Waals surface area contributed by atoms with Crippen molar-refractivity contribution >= 4 is 53.5 Å². The molecule has 50 heavy (non-hydrogen) atoms. The summed E-state index contributed by atoms with van der Waals surface area (Å²) in [7, 11) is 0. The molecule has 1 unspecified atom stereocenters. The lowest BCUT2D eigenvalue weighted by atomic mass is 10.0. The molecule has 258 valence electrons. The van der Waals surface area contributed by atoms with Crippen molar-refractivity contribution in [2.75, 3.05) is 17.7 Å². The zero-order chi connectivity index (χ0) is 35.8. The van der Waals surface area contributed by atoms with Crippen LogP contribution in [0.2, 0.25) is 0 Å². The number of aromatic nitrogens is 1. The highest BCUT2D eigenvalue weighted by Crippen LogP contribution is 2.42. The topological polar surface area (TPSA) is 166 Å². The molecular weight excluding hydrogens is 662 g/mol. The Morgan fingerprint density at radius 2 is 1.70 bits per heavy atom. The van der Waals surface area contributed by atoms with Crippen molar-refractivity contribution in [3.8, 4) is 0 Å². The number of nitrogens with one attached hydrogen (secondary N) is 2. The number of rotatable bonds is 13. The Kier molecular flexibility index (Phi) is 11.1. The van der Waals surface area contributed by atoms with Gasteiger partial charge in [0.25, 0.3) is 11.8 Å².